The van der Waals surface area contributed by atoms with E-state index in [1.807, 2.05) is 36.4 Å². The van der Waals surface area contributed by atoms with Crippen molar-refractivity contribution in [2.24, 2.45) is 0 Å². The van der Waals surface area contributed by atoms with Gasteiger partial charge in [0.1, 0.15) is 5.75 Å². The number of rotatable bonds is 4. The van der Waals surface area contributed by atoms with E-state index >= 15 is 0 Å². The molecule has 3 rings (SSSR count). The van der Waals surface area contributed by atoms with Gasteiger partial charge >= 0.3 is 5.97 Å². The van der Waals surface area contributed by atoms with E-state index in [-0.39, 0.29) is 5.69 Å². The summed E-state index contributed by atoms with van der Waals surface area (Å²) in [4.78, 5) is 11.8. The molecule has 0 aliphatic heterocycles. The number of carbonyl (C=O) groups is 1. The lowest BCUT2D eigenvalue weighted by Crippen LogP contribution is -2.07. The zero-order valence-electron chi connectivity index (χ0n) is 12.2. The average Bonchev–Trinajstić information content (AvgIpc) is 2.89. The highest BCUT2D eigenvalue weighted by Crippen LogP contribution is 2.37. The Labute approximate surface area is 127 Å². The molecule has 112 valence electrons. The summed E-state index contributed by atoms with van der Waals surface area (Å²) in [6, 6.07) is 14.7. The number of ether oxygens (including phenoxy) is 2. The monoisotopic (exact) mass is 297 g/mol. The molecule has 0 aliphatic carbocycles. The molecule has 0 spiro atoms. The van der Waals surface area contributed by atoms with Crippen molar-refractivity contribution in [2.45, 2.75) is 0 Å². The maximum Gasteiger partial charge on any atom is 0.356 e. The van der Waals surface area contributed by atoms with E-state index in [0.29, 0.717) is 16.9 Å². The van der Waals surface area contributed by atoms with Crippen molar-refractivity contribution in [1.82, 2.24) is 4.57 Å². The van der Waals surface area contributed by atoms with Crippen LogP contribution in [0.15, 0.2) is 48.5 Å². The third-order valence-corrected chi connectivity index (χ3v) is 3.55. The smallest absolute Gasteiger partial charge is 0.356 e. The highest BCUT2D eigenvalue weighted by molar-refractivity contribution is 6.02. The topological polar surface area (TPSA) is 60.7 Å². The molecule has 2 aromatic carbocycles. The van der Waals surface area contributed by atoms with Crippen LogP contribution in [0.3, 0.4) is 0 Å². The Morgan fingerprint density at radius 3 is 2.36 bits per heavy atom. The molecule has 1 heterocycles. The summed E-state index contributed by atoms with van der Waals surface area (Å²) in [5, 5.41) is 10.3. The Bertz CT molecular complexity index is 837. The minimum Gasteiger partial charge on any atom is -0.497 e. The van der Waals surface area contributed by atoms with Crippen LogP contribution >= 0.6 is 0 Å². The van der Waals surface area contributed by atoms with E-state index in [2.05, 4.69) is 0 Å². The molecule has 5 nitrogen and oxygen atoms in total. The molecule has 0 fully saturated rings. The lowest BCUT2D eigenvalue weighted by molar-refractivity contribution is 0.0685. The van der Waals surface area contributed by atoms with Crippen LogP contribution in [-0.2, 0) is 0 Å². The first-order valence-corrected chi connectivity index (χ1v) is 6.72. The molecule has 0 atom stereocenters. The predicted octanol–water partition coefficient (Wildman–Crippen LogP) is 3.35. The second-order valence-electron chi connectivity index (χ2n) is 4.74. The SMILES string of the molecule is COc1ccc2c(c1)c(OC)c(C(=O)O)n2-c1ccccc1. The van der Waals surface area contributed by atoms with Gasteiger partial charge in [-0.3, -0.25) is 0 Å². The summed E-state index contributed by atoms with van der Waals surface area (Å²) in [5.74, 6) is -0.0749. The summed E-state index contributed by atoms with van der Waals surface area (Å²) < 4.78 is 12.3. The highest BCUT2D eigenvalue weighted by Gasteiger charge is 2.24. The fraction of sp³-hybridized carbons (Fsp3) is 0.118. The summed E-state index contributed by atoms with van der Waals surface area (Å²) in [7, 11) is 3.04. The minimum absolute atomic E-state index is 0.0944. The fourth-order valence-electron chi connectivity index (χ4n) is 2.61. The van der Waals surface area contributed by atoms with Crippen LogP contribution in [0.2, 0.25) is 0 Å². The van der Waals surface area contributed by atoms with Crippen LogP contribution in [0, 0.1) is 0 Å². The Hall–Kier alpha value is -2.95. The van der Waals surface area contributed by atoms with Crippen LogP contribution in [-0.4, -0.2) is 29.9 Å². The number of para-hydroxylation sites is 1. The first-order valence-electron chi connectivity index (χ1n) is 6.72. The van der Waals surface area contributed by atoms with E-state index in [0.717, 1.165) is 11.2 Å². The number of nitrogens with zero attached hydrogens (tertiary/aromatic N) is 1. The zero-order valence-corrected chi connectivity index (χ0v) is 12.2. The molecular weight excluding hydrogens is 282 g/mol. The van der Waals surface area contributed by atoms with Crippen molar-refractivity contribution in [3.63, 3.8) is 0 Å². The molecular formula is C17H15NO4. The molecule has 1 aromatic heterocycles. The molecule has 5 heteroatoms. The average molecular weight is 297 g/mol. The zero-order chi connectivity index (χ0) is 15.7. The van der Waals surface area contributed by atoms with Gasteiger partial charge in [-0.05, 0) is 30.3 Å². The Kier molecular flexibility index (Phi) is 3.47. The van der Waals surface area contributed by atoms with Gasteiger partial charge in [0.2, 0.25) is 0 Å². The van der Waals surface area contributed by atoms with Crippen LogP contribution in [0.1, 0.15) is 10.5 Å². The Morgan fingerprint density at radius 2 is 1.77 bits per heavy atom. The van der Waals surface area contributed by atoms with E-state index in [4.69, 9.17) is 9.47 Å². The quantitative estimate of drug-likeness (QED) is 0.802. The molecule has 22 heavy (non-hydrogen) atoms. The number of benzene rings is 2. The van der Waals surface area contributed by atoms with Crippen molar-refractivity contribution in [2.75, 3.05) is 14.2 Å². The first-order chi connectivity index (χ1) is 10.7. The van der Waals surface area contributed by atoms with Crippen LogP contribution in [0.25, 0.3) is 16.6 Å². The van der Waals surface area contributed by atoms with E-state index in [1.165, 1.54) is 7.11 Å². The van der Waals surface area contributed by atoms with Crippen molar-refractivity contribution in [3.05, 3.63) is 54.2 Å². The molecule has 0 radical (unpaired) electrons. The van der Waals surface area contributed by atoms with Gasteiger partial charge in [-0.15, -0.1) is 0 Å². The van der Waals surface area contributed by atoms with Crippen molar-refractivity contribution >= 4 is 16.9 Å². The molecule has 0 aliphatic rings. The second-order valence-corrected chi connectivity index (χ2v) is 4.74. The number of fused-ring (bicyclic) bond motifs is 1. The van der Waals surface area contributed by atoms with Gasteiger partial charge in [0.15, 0.2) is 11.4 Å². The maximum atomic E-state index is 11.8. The summed E-state index contributed by atoms with van der Waals surface area (Å²) >= 11 is 0. The lowest BCUT2D eigenvalue weighted by Gasteiger charge is -2.08. The number of aromatic nitrogens is 1. The maximum absolute atomic E-state index is 11.8. The molecule has 0 amide bonds. The van der Waals surface area contributed by atoms with Gasteiger partial charge in [0.25, 0.3) is 0 Å². The van der Waals surface area contributed by atoms with Crippen LogP contribution < -0.4 is 9.47 Å². The first kappa shape index (κ1) is 14.0. The van der Waals surface area contributed by atoms with Gasteiger partial charge in [-0.25, -0.2) is 4.79 Å². The molecule has 0 saturated heterocycles. The molecule has 0 bridgehead atoms. The number of carboxylic acids is 1. The fourth-order valence-corrected chi connectivity index (χ4v) is 2.61. The number of hydrogen-bond donors (Lipinski definition) is 1. The van der Waals surface area contributed by atoms with E-state index < -0.39 is 5.97 Å². The molecule has 0 unspecified atom stereocenters. The van der Waals surface area contributed by atoms with Crippen molar-refractivity contribution in [1.29, 1.82) is 0 Å². The third kappa shape index (κ3) is 2.07. The lowest BCUT2D eigenvalue weighted by atomic mass is 10.2. The second kappa shape index (κ2) is 5.44. The normalized spacial score (nSPS) is 10.6. The minimum atomic E-state index is -1.05. The molecule has 3 aromatic rings. The predicted molar refractivity (Wildman–Crippen MR) is 83.3 cm³/mol. The van der Waals surface area contributed by atoms with Gasteiger partial charge in [-0.2, -0.15) is 0 Å². The summed E-state index contributed by atoms with van der Waals surface area (Å²) in [6.07, 6.45) is 0. The van der Waals surface area contributed by atoms with Gasteiger partial charge in [0.05, 0.1) is 19.7 Å². The summed E-state index contributed by atoms with van der Waals surface area (Å²) in [6.45, 7) is 0. The van der Waals surface area contributed by atoms with Crippen LogP contribution in [0.5, 0.6) is 11.5 Å². The number of carboxylic acid groups (broad SMARTS) is 1. The molecule has 0 saturated carbocycles. The van der Waals surface area contributed by atoms with Gasteiger partial charge in [-0.1, -0.05) is 18.2 Å². The molecule has 1 N–H and O–H groups in total. The van der Waals surface area contributed by atoms with E-state index in [9.17, 15) is 9.90 Å². The van der Waals surface area contributed by atoms with E-state index in [1.54, 1.807) is 23.8 Å². The van der Waals surface area contributed by atoms with Crippen molar-refractivity contribution in [3.8, 4) is 17.2 Å². The van der Waals surface area contributed by atoms with Gasteiger partial charge in [0, 0.05) is 11.1 Å². The number of methoxy groups -OCH3 is 2. The van der Waals surface area contributed by atoms with Crippen molar-refractivity contribution < 1.29 is 19.4 Å². The largest absolute Gasteiger partial charge is 0.497 e. The third-order valence-electron chi connectivity index (χ3n) is 3.55. The Balaban J connectivity index is 2.44. The van der Waals surface area contributed by atoms with Gasteiger partial charge < -0.3 is 19.1 Å². The number of hydrogen-bond acceptors (Lipinski definition) is 3. The number of aromatic carboxylic acids is 1. The Morgan fingerprint density at radius 1 is 1.05 bits per heavy atom. The van der Waals surface area contributed by atoms with Crippen LogP contribution in [0.4, 0.5) is 0 Å². The highest BCUT2D eigenvalue weighted by atomic mass is 16.5. The standard InChI is InChI=1S/C17H15NO4/c1-21-12-8-9-14-13(10-12)16(22-2)15(17(19)20)18(14)11-6-4-3-5-7-11/h3-10H,1-2H3,(H,19,20). The summed E-state index contributed by atoms with van der Waals surface area (Å²) in [5.41, 5.74) is 1.61.